The lowest BCUT2D eigenvalue weighted by molar-refractivity contribution is -0.116. The highest BCUT2D eigenvalue weighted by molar-refractivity contribution is 5.95. The molecule has 0 unspecified atom stereocenters. The molecule has 34 heavy (non-hydrogen) atoms. The molecule has 5 heteroatoms. The van der Waals surface area contributed by atoms with Crippen LogP contribution in [0.1, 0.15) is 34.0 Å². The number of anilines is 2. The molecule has 0 radical (unpaired) electrons. The fraction of sp³-hybridized carbons (Fsp3) is 0.310. The largest absolute Gasteiger partial charge is 0.368 e. The van der Waals surface area contributed by atoms with Crippen LogP contribution in [0.3, 0.4) is 0 Å². The fourth-order valence-electron chi connectivity index (χ4n) is 5.12. The summed E-state index contributed by atoms with van der Waals surface area (Å²) in [7, 11) is 0. The van der Waals surface area contributed by atoms with Crippen LogP contribution in [0.25, 0.3) is 11.1 Å². The number of carbonyl (C=O) groups excluding carboxylic acids is 2. The van der Waals surface area contributed by atoms with E-state index in [2.05, 4.69) is 49.1 Å². The molecule has 0 saturated carbocycles. The Labute approximate surface area is 201 Å². The first-order valence-electron chi connectivity index (χ1n) is 12.0. The quantitative estimate of drug-likeness (QED) is 0.570. The molecule has 3 aromatic rings. The molecule has 0 spiro atoms. The fourth-order valence-corrected chi connectivity index (χ4v) is 5.12. The van der Waals surface area contributed by atoms with Crippen LogP contribution in [0.4, 0.5) is 11.4 Å². The maximum Gasteiger partial charge on any atom is 0.253 e. The Morgan fingerprint density at radius 1 is 0.765 bits per heavy atom. The minimum absolute atomic E-state index is 0.0872. The summed E-state index contributed by atoms with van der Waals surface area (Å²) in [6.45, 7) is 9.83. The van der Waals surface area contributed by atoms with Crippen LogP contribution in [0, 0.1) is 13.8 Å². The molecule has 0 aromatic heterocycles. The van der Waals surface area contributed by atoms with E-state index in [-0.39, 0.29) is 11.8 Å². The standard InChI is InChI=1S/C29H31N3O2/c1-20-5-4-6-27(21(20)2)30-15-17-31(18-16-30)29(34)24-9-7-23(8-10-24)25-11-12-28-26(19-25)13-14-32(28)22(3)33/h4-12,19H,13-18H2,1-3H3. The Morgan fingerprint density at radius 2 is 1.47 bits per heavy atom. The molecule has 0 atom stereocenters. The van der Waals surface area contributed by atoms with E-state index < -0.39 is 0 Å². The van der Waals surface area contributed by atoms with Gasteiger partial charge in [0, 0.05) is 56.6 Å². The number of piperazine rings is 1. The first-order chi connectivity index (χ1) is 16.4. The first-order valence-corrected chi connectivity index (χ1v) is 12.0. The van der Waals surface area contributed by atoms with Gasteiger partial charge in [-0.05, 0) is 78.4 Å². The average molecular weight is 454 g/mol. The van der Waals surface area contributed by atoms with E-state index in [0.29, 0.717) is 0 Å². The van der Waals surface area contributed by atoms with E-state index in [0.717, 1.165) is 61.5 Å². The number of benzene rings is 3. The Morgan fingerprint density at radius 3 is 2.18 bits per heavy atom. The number of aryl methyl sites for hydroxylation is 1. The van der Waals surface area contributed by atoms with E-state index in [1.807, 2.05) is 40.1 Å². The topological polar surface area (TPSA) is 43.9 Å². The number of hydrogen-bond donors (Lipinski definition) is 0. The van der Waals surface area contributed by atoms with Crippen molar-refractivity contribution in [1.82, 2.24) is 4.90 Å². The SMILES string of the molecule is CC(=O)N1CCc2cc(-c3ccc(C(=O)N4CCN(c5cccc(C)c5C)CC4)cc3)ccc21. The van der Waals surface area contributed by atoms with E-state index in [1.165, 1.54) is 22.4 Å². The Hall–Kier alpha value is -3.60. The summed E-state index contributed by atoms with van der Waals surface area (Å²) in [5, 5.41) is 0. The van der Waals surface area contributed by atoms with Crippen molar-refractivity contribution in [2.45, 2.75) is 27.2 Å². The molecular weight excluding hydrogens is 422 g/mol. The molecule has 2 heterocycles. The van der Waals surface area contributed by atoms with Crippen molar-refractivity contribution < 1.29 is 9.59 Å². The monoisotopic (exact) mass is 453 g/mol. The van der Waals surface area contributed by atoms with Gasteiger partial charge in [-0.3, -0.25) is 9.59 Å². The van der Waals surface area contributed by atoms with E-state index in [9.17, 15) is 9.59 Å². The van der Waals surface area contributed by atoms with Gasteiger partial charge < -0.3 is 14.7 Å². The van der Waals surface area contributed by atoms with Gasteiger partial charge in [0.2, 0.25) is 5.91 Å². The summed E-state index contributed by atoms with van der Waals surface area (Å²) in [6.07, 6.45) is 0.882. The second-order valence-corrected chi connectivity index (χ2v) is 9.34. The van der Waals surface area contributed by atoms with Crippen molar-refractivity contribution >= 4 is 23.2 Å². The Bertz CT molecular complexity index is 1240. The Balaban J connectivity index is 1.25. The van der Waals surface area contributed by atoms with Crippen LogP contribution in [0.2, 0.25) is 0 Å². The molecule has 1 fully saturated rings. The van der Waals surface area contributed by atoms with Crippen molar-refractivity contribution in [1.29, 1.82) is 0 Å². The molecule has 3 aromatic carbocycles. The highest BCUT2D eigenvalue weighted by atomic mass is 16.2. The highest BCUT2D eigenvalue weighted by Crippen LogP contribution is 2.32. The normalized spacial score (nSPS) is 15.4. The number of hydrogen-bond acceptors (Lipinski definition) is 3. The summed E-state index contributed by atoms with van der Waals surface area (Å²) >= 11 is 0. The average Bonchev–Trinajstić information content (AvgIpc) is 3.29. The summed E-state index contributed by atoms with van der Waals surface area (Å²) < 4.78 is 0. The molecule has 2 amide bonds. The summed E-state index contributed by atoms with van der Waals surface area (Å²) in [5.74, 6) is 0.183. The first kappa shape index (κ1) is 22.2. The van der Waals surface area contributed by atoms with E-state index >= 15 is 0 Å². The lowest BCUT2D eigenvalue weighted by Gasteiger charge is -2.37. The summed E-state index contributed by atoms with van der Waals surface area (Å²) in [5.41, 5.74) is 9.04. The smallest absolute Gasteiger partial charge is 0.253 e. The van der Waals surface area contributed by atoms with Gasteiger partial charge in [-0.1, -0.05) is 30.3 Å². The van der Waals surface area contributed by atoms with Gasteiger partial charge in [0.1, 0.15) is 0 Å². The minimum atomic E-state index is 0.0872. The molecule has 0 bridgehead atoms. The molecule has 2 aliphatic rings. The van der Waals surface area contributed by atoms with E-state index in [1.54, 1.807) is 6.92 Å². The third-order valence-corrected chi connectivity index (χ3v) is 7.30. The number of rotatable bonds is 3. The maximum atomic E-state index is 13.1. The summed E-state index contributed by atoms with van der Waals surface area (Å²) in [6, 6.07) is 20.6. The second-order valence-electron chi connectivity index (χ2n) is 9.34. The third kappa shape index (κ3) is 4.07. The number of fused-ring (bicyclic) bond motifs is 1. The lowest BCUT2D eigenvalue weighted by Crippen LogP contribution is -2.49. The zero-order chi connectivity index (χ0) is 23.8. The lowest BCUT2D eigenvalue weighted by atomic mass is 10.00. The molecule has 174 valence electrons. The predicted octanol–water partition coefficient (Wildman–Crippen LogP) is 4.84. The van der Waals surface area contributed by atoms with Crippen molar-refractivity contribution in [3.05, 3.63) is 82.9 Å². The Kier molecular flexibility index (Phi) is 5.86. The van der Waals surface area contributed by atoms with Gasteiger partial charge in [-0.25, -0.2) is 0 Å². The second kappa shape index (κ2) is 8.98. The molecule has 0 aliphatic carbocycles. The molecule has 5 nitrogen and oxygen atoms in total. The van der Waals surface area contributed by atoms with Crippen LogP contribution < -0.4 is 9.80 Å². The highest BCUT2D eigenvalue weighted by Gasteiger charge is 2.24. The molecule has 2 aliphatic heterocycles. The number of amides is 2. The van der Waals surface area contributed by atoms with Gasteiger partial charge in [0.25, 0.3) is 5.91 Å². The van der Waals surface area contributed by atoms with Crippen molar-refractivity contribution in [3.8, 4) is 11.1 Å². The maximum absolute atomic E-state index is 13.1. The van der Waals surface area contributed by atoms with Crippen LogP contribution in [0.5, 0.6) is 0 Å². The van der Waals surface area contributed by atoms with Gasteiger partial charge >= 0.3 is 0 Å². The number of carbonyl (C=O) groups is 2. The molecular formula is C29H31N3O2. The minimum Gasteiger partial charge on any atom is -0.368 e. The van der Waals surface area contributed by atoms with Crippen molar-refractivity contribution in [3.63, 3.8) is 0 Å². The van der Waals surface area contributed by atoms with Crippen LogP contribution in [-0.4, -0.2) is 49.4 Å². The molecule has 0 N–H and O–H groups in total. The van der Waals surface area contributed by atoms with Gasteiger partial charge in [-0.2, -0.15) is 0 Å². The predicted molar refractivity (Wildman–Crippen MR) is 138 cm³/mol. The molecule has 5 rings (SSSR count). The zero-order valence-corrected chi connectivity index (χ0v) is 20.2. The number of nitrogens with zero attached hydrogens (tertiary/aromatic N) is 3. The van der Waals surface area contributed by atoms with Gasteiger partial charge in [0.15, 0.2) is 0 Å². The van der Waals surface area contributed by atoms with Crippen LogP contribution >= 0.6 is 0 Å². The van der Waals surface area contributed by atoms with Crippen molar-refractivity contribution in [2.24, 2.45) is 0 Å². The zero-order valence-electron chi connectivity index (χ0n) is 20.2. The van der Waals surface area contributed by atoms with Gasteiger partial charge in [-0.15, -0.1) is 0 Å². The van der Waals surface area contributed by atoms with Crippen LogP contribution in [0.15, 0.2) is 60.7 Å². The third-order valence-electron chi connectivity index (χ3n) is 7.30. The molecule has 1 saturated heterocycles. The summed E-state index contributed by atoms with van der Waals surface area (Å²) in [4.78, 5) is 31.1. The van der Waals surface area contributed by atoms with Gasteiger partial charge in [0.05, 0.1) is 0 Å². The van der Waals surface area contributed by atoms with Crippen molar-refractivity contribution in [2.75, 3.05) is 42.5 Å². The van der Waals surface area contributed by atoms with Crippen LogP contribution in [-0.2, 0) is 11.2 Å². The van der Waals surface area contributed by atoms with E-state index in [4.69, 9.17) is 0 Å².